The Labute approximate surface area is 126 Å². The molecule has 22 heavy (non-hydrogen) atoms. The second-order valence-corrected chi connectivity index (χ2v) is 4.96. The smallest absolute Gasteiger partial charge is 0.296 e. The summed E-state index contributed by atoms with van der Waals surface area (Å²) < 4.78 is 3.37. The molecule has 2 aromatic rings. The lowest BCUT2D eigenvalue weighted by atomic mass is 10.3. The van der Waals surface area contributed by atoms with Crippen molar-refractivity contribution in [2.45, 2.75) is 25.9 Å². The van der Waals surface area contributed by atoms with Gasteiger partial charge in [0.1, 0.15) is 0 Å². The van der Waals surface area contributed by atoms with E-state index in [1.807, 2.05) is 0 Å². The van der Waals surface area contributed by atoms with Crippen molar-refractivity contribution in [3.05, 3.63) is 34.9 Å². The number of anilines is 1. The maximum Gasteiger partial charge on any atom is 0.296 e. The zero-order chi connectivity index (χ0) is 15.7. The van der Waals surface area contributed by atoms with Gasteiger partial charge in [-0.05, 0) is 25.0 Å². The number of aromatic amines is 1. The fourth-order valence-corrected chi connectivity index (χ4v) is 2.52. The number of H-pyrrole nitrogens is 1. The van der Waals surface area contributed by atoms with Gasteiger partial charge in [0.05, 0.1) is 11.4 Å². The van der Waals surface area contributed by atoms with Crippen LogP contribution < -0.4 is 11.3 Å². The standard InChI is InChI=1S/C14H17N7O/c1-3-9-10(4-2)17-14(16-9)19-18-11-12(15)20-7-5-6-8-21(20)13(11)22/h3-4H,1-2,5-8,15H2,(H,16,17). The van der Waals surface area contributed by atoms with Crippen molar-refractivity contribution < 1.29 is 0 Å². The molecule has 1 aliphatic heterocycles. The van der Waals surface area contributed by atoms with Crippen molar-refractivity contribution in [1.29, 1.82) is 0 Å². The summed E-state index contributed by atoms with van der Waals surface area (Å²) in [5, 5.41) is 7.96. The van der Waals surface area contributed by atoms with Gasteiger partial charge in [0.25, 0.3) is 5.56 Å². The predicted octanol–water partition coefficient (Wildman–Crippen LogP) is 2.45. The molecule has 0 unspecified atom stereocenters. The topological polar surface area (TPSA) is 106 Å². The molecular weight excluding hydrogens is 282 g/mol. The van der Waals surface area contributed by atoms with E-state index < -0.39 is 0 Å². The Balaban J connectivity index is 1.98. The predicted molar refractivity (Wildman–Crippen MR) is 85.3 cm³/mol. The Morgan fingerprint density at radius 1 is 1.18 bits per heavy atom. The summed E-state index contributed by atoms with van der Waals surface area (Å²) in [6.07, 6.45) is 5.16. The lowest BCUT2D eigenvalue weighted by molar-refractivity contribution is 0.360. The third-order valence-electron chi connectivity index (χ3n) is 3.63. The molecule has 0 aromatic carbocycles. The highest BCUT2D eigenvalue weighted by Gasteiger charge is 2.20. The molecule has 0 saturated carbocycles. The first-order valence-corrected chi connectivity index (χ1v) is 7.01. The number of azo groups is 1. The molecule has 3 heterocycles. The van der Waals surface area contributed by atoms with Crippen LogP contribution in [0.2, 0.25) is 0 Å². The van der Waals surface area contributed by atoms with Crippen LogP contribution in [0.25, 0.3) is 12.2 Å². The fourth-order valence-electron chi connectivity index (χ4n) is 2.52. The van der Waals surface area contributed by atoms with E-state index in [2.05, 4.69) is 33.4 Å². The van der Waals surface area contributed by atoms with Crippen molar-refractivity contribution in [2.24, 2.45) is 10.2 Å². The second kappa shape index (κ2) is 5.47. The lowest BCUT2D eigenvalue weighted by Gasteiger charge is -2.17. The minimum Gasteiger partial charge on any atom is -0.382 e. The van der Waals surface area contributed by atoms with E-state index in [0.717, 1.165) is 19.4 Å². The lowest BCUT2D eigenvalue weighted by Crippen LogP contribution is -2.27. The van der Waals surface area contributed by atoms with Gasteiger partial charge < -0.3 is 10.7 Å². The average molecular weight is 299 g/mol. The van der Waals surface area contributed by atoms with Crippen LogP contribution in [0.5, 0.6) is 0 Å². The summed E-state index contributed by atoms with van der Waals surface area (Å²) in [6, 6.07) is 0. The van der Waals surface area contributed by atoms with Gasteiger partial charge in [0.2, 0.25) is 5.95 Å². The van der Waals surface area contributed by atoms with Crippen molar-refractivity contribution in [3.63, 3.8) is 0 Å². The molecule has 0 aliphatic carbocycles. The van der Waals surface area contributed by atoms with Gasteiger partial charge in [0, 0.05) is 13.1 Å². The highest BCUT2D eigenvalue weighted by molar-refractivity contribution is 5.60. The number of hydrogen-bond acceptors (Lipinski definition) is 5. The molecule has 0 amide bonds. The maximum absolute atomic E-state index is 12.3. The van der Waals surface area contributed by atoms with Crippen LogP contribution in [-0.4, -0.2) is 19.3 Å². The SMILES string of the molecule is C=Cc1nc(N=Nc2c(N)n3n(c2=O)CCCC3)[nH]c1C=C. The molecule has 0 spiro atoms. The van der Waals surface area contributed by atoms with Gasteiger partial charge in [0.15, 0.2) is 11.5 Å². The summed E-state index contributed by atoms with van der Waals surface area (Å²) in [7, 11) is 0. The van der Waals surface area contributed by atoms with E-state index in [0.29, 0.717) is 23.8 Å². The van der Waals surface area contributed by atoms with Crippen LogP contribution in [-0.2, 0) is 13.1 Å². The molecule has 0 radical (unpaired) electrons. The molecule has 3 rings (SSSR count). The molecular formula is C14H17N7O. The molecule has 1 aliphatic rings. The van der Waals surface area contributed by atoms with Crippen LogP contribution in [0.1, 0.15) is 24.2 Å². The van der Waals surface area contributed by atoms with Crippen molar-refractivity contribution in [1.82, 2.24) is 19.3 Å². The molecule has 8 nitrogen and oxygen atoms in total. The monoisotopic (exact) mass is 299 g/mol. The highest BCUT2D eigenvalue weighted by Crippen LogP contribution is 2.24. The second-order valence-electron chi connectivity index (χ2n) is 4.96. The van der Waals surface area contributed by atoms with Crippen LogP contribution in [0.3, 0.4) is 0 Å². The molecule has 2 aromatic heterocycles. The van der Waals surface area contributed by atoms with Gasteiger partial charge in [-0.15, -0.1) is 10.2 Å². The van der Waals surface area contributed by atoms with E-state index >= 15 is 0 Å². The van der Waals surface area contributed by atoms with Crippen LogP contribution in [0.15, 0.2) is 28.2 Å². The van der Waals surface area contributed by atoms with E-state index in [1.165, 1.54) is 0 Å². The summed E-state index contributed by atoms with van der Waals surface area (Å²) in [5.41, 5.74) is 7.26. The Hall–Kier alpha value is -2.90. The Kier molecular flexibility index (Phi) is 3.50. The number of rotatable bonds is 4. The highest BCUT2D eigenvalue weighted by atomic mass is 16.1. The summed E-state index contributed by atoms with van der Waals surface area (Å²) in [5.74, 6) is 0.616. The Bertz CT molecular complexity index is 796. The van der Waals surface area contributed by atoms with Crippen LogP contribution in [0.4, 0.5) is 17.5 Å². The third-order valence-corrected chi connectivity index (χ3v) is 3.63. The zero-order valence-electron chi connectivity index (χ0n) is 12.1. The number of fused-ring (bicyclic) bond motifs is 1. The number of nitrogens with one attached hydrogen (secondary N) is 1. The maximum atomic E-state index is 12.3. The van der Waals surface area contributed by atoms with E-state index in [9.17, 15) is 4.79 Å². The number of imidazole rings is 1. The molecule has 0 bridgehead atoms. The Morgan fingerprint density at radius 3 is 2.50 bits per heavy atom. The number of hydrogen-bond donors (Lipinski definition) is 2. The minimum absolute atomic E-state index is 0.151. The van der Waals surface area contributed by atoms with Crippen molar-refractivity contribution in [2.75, 3.05) is 5.73 Å². The van der Waals surface area contributed by atoms with Crippen LogP contribution >= 0.6 is 0 Å². The quantitative estimate of drug-likeness (QED) is 0.847. The minimum atomic E-state index is -0.222. The van der Waals surface area contributed by atoms with E-state index in [4.69, 9.17) is 5.73 Å². The molecule has 8 heteroatoms. The van der Waals surface area contributed by atoms with Gasteiger partial charge >= 0.3 is 0 Å². The normalized spacial score (nSPS) is 14.2. The summed E-state index contributed by atoms with van der Waals surface area (Å²) in [4.78, 5) is 19.4. The molecule has 0 fully saturated rings. The average Bonchev–Trinajstić information content (AvgIpc) is 3.06. The van der Waals surface area contributed by atoms with Crippen molar-refractivity contribution >= 4 is 29.6 Å². The Morgan fingerprint density at radius 2 is 1.91 bits per heavy atom. The molecule has 3 N–H and O–H groups in total. The fraction of sp³-hybridized carbons (Fsp3) is 0.286. The summed E-state index contributed by atoms with van der Waals surface area (Å²) >= 11 is 0. The molecule has 114 valence electrons. The number of nitrogens with zero attached hydrogens (tertiary/aromatic N) is 5. The number of nitrogens with two attached hydrogens (primary N) is 1. The number of nitrogen functional groups attached to an aromatic ring is 1. The van der Waals surface area contributed by atoms with Gasteiger partial charge in [-0.1, -0.05) is 13.2 Å². The summed E-state index contributed by atoms with van der Waals surface area (Å²) in [6.45, 7) is 8.71. The van der Waals surface area contributed by atoms with Gasteiger partial charge in [-0.25, -0.2) is 9.67 Å². The molecule has 0 saturated heterocycles. The zero-order valence-corrected chi connectivity index (χ0v) is 12.1. The molecule has 0 atom stereocenters. The first kappa shape index (κ1) is 14.1. The largest absolute Gasteiger partial charge is 0.382 e. The van der Waals surface area contributed by atoms with E-state index in [-0.39, 0.29) is 17.2 Å². The van der Waals surface area contributed by atoms with Gasteiger partial charge in [-0.3, -0.25) is 9.48 Å². The van der Waals surface area contributed by atoms with Gasteiger partial charge in [-0.2, -0.15) is 0 Å². The van der Waals surface area contributed by atoms with Crippen molar-refractivity contribution in [3.8, 4) is 0 Å². The third kappa shape index (κ3) is 2.18. The first-order chi connectivity index (χ1) is 10.7. The van der Waals surface area contributed by atoms with Crippen LogP contribution in [0, 0.1) is 0 Å². The number of aromatic nitrogens is 4. The van der Waals surface area contributed by atoms with E-state index in [1.54, 1.807) is 21.5 Å². The first-order valence-electron chi connectivity index (χ1n) is 7.01.